The van der Waals surface area contributed by atoms with Gasteiger partial charge in [-0.3, -0.25) is 0 Å². The average Bonchev–Trinajstić information content (AvgIpc) is 2.39. The highest BCUT2D eigenvalue weighted by Gasteiger charge is 2.24. The van der Waals surface area contributed by atoms with Crippen molar-refractivity contribution in [3.8, 4) is 5.75 Å². The molecule has 1 saturated heterocycles. The number of nitrogens with two attached hydrogens (primary N) is 1. The molecule has 0 aliphatic carbocycles. The predicted octanol–water partition coefficient (Wildman–Crippen LogP) is 1.07. The standard InChI is InChI=1S/C12H20N4O2/c1-3-18-9-5-4-6-16(7-9)12-10(17-2)11(13)14-8-15-12/h8-9H,3-7H2,1-2H3,(H2,13,14,15). The normalized spacial score (nSPS) is 19.9. The van der Waals surface area contributed by atoms with E-state index in [2.05, 4.69) is 14.9 Å². The molecule has 100 valence electrons. The predicted molar refractivity (Wildman–Crippen MR) is 69.9 cm³/mol. The highest BCUT2D eigenvalue weighted by molar-refractivity contribution is 5.62. The van der Waals surface area contributed by atoms with E-state index >= 15 is 0 Å². The van der Waals surface area contributed by atoms with Crippen LogP contribution < -0.4 is 15.4 Å². The lowest BCUT2D eigenvalue weighted by Crippen LogP contribution is -2.40. The van der Waals surface area contributed by atoms with Gasteiger partial charge in [-0.1, -0.05) is 0 Å². The van der Waals surface area contributed by atoms with E-state index in [0.717, 1.165) is 38.4 Å². The molecule has 1 unspecified atom stereocenters. The molecule has 6 heteroatoms. The van der Waals surface area contributed by atoms with Crippen molar-refractivity contribution in [1.82, 2.24) is 9.97 Å². The van der Waals surface area contributed by atoms with Gasteiger partial charge in [0.15, 0.2) is 11.6 Å². The fourth-order valence-electron chi connectivity index (χ4n) is 2.30. The molecule has 0 bridgehead atoms. The lowest BCUT2D eigenvalue weighted by molar-refractivity contribution is 0.0524. The van der Waals surface area contributed by atoms with Crippen LogP contribution in [0.1, 0.15) is 19.8 Å². The van der Waals surface area contributed by atoms with Gasteiger partial charge in [0.2, 0.25) is 5.75 Å². The van der Waals surface area contributed by atoms with E-state index < -0.39 is 0 Å². The summed E-state index contributed by atoms with van der Waals surface area (Å²) in [5, 5.41) is 0. The van der Waals surface area contributed by atoms with Gasteiger partial charge in [-0.25, -0.2) is 9.97 Å². The van der Waals surface area contributed by atoms with Gasteiger partial charge in [-0.05, 0) is 19.8 Å². The van der Waals surface area contributed by atoms with Crippen molar-refractivity contribution < 1.29 is 9.47 Å². The molecule has 1 atom stereocenters. The van der Waals surface area contributed by atoms with E-state index in [0.29, 0.717) is 11.6 Å². The number of nitrogen functional groups attached to an aromatic ring is 1. The van der Waals surface area contributed by atoms with Gasteiger partial charge < -0.3 is 20.1 Å². The Balaban J connectivity index is 2.18. The van der Waals surface area contributed by atoms with Crippen molar-refractivity contribution in [2.24, 2.45) is 0 Å². The number of piperidine rings is 1. The van der Waals surface area contributed by atoms with Crippen LogP contribution in [0.3, 0.4) is 0 Å². The largest absolute Gasteiger partial charge is 0.490 e. The highest BCUT2D eigenvalue weighted by Crippen LogP contribution is 2.31. The monoisotopic (exact) mass is 252 g/mol. The van der Waals surface area contributed by atoms with Crippen LogP contribution >= 0.6 is 0 Å². The number of rotatable bonds is 4. The van der Waals surface area contributed by atoms with Crippen molar-refractivity contribution in [3.05, 3.63) is 6.33 Å². The smallest absolute Gasteiger partial charge is 0.204 e. The van der Waals surface area contributed by atoms with Crippen LogP contribution in [-0.2, 0) is 4.74 Å². The number of anilines is 2. The maximum Gasteiger partial charge on any atom is 0.204 e. The second-order valence-corrected chi connectivity index (χ2v) is 4.28. The molecule has 2 rings (SSSR count). The van der Waals surface area contributed by atoms with E-state index in [1.54, 1.807) is 7.11 Å². The number of aromatic nitrogens is 2. The third-order valence-electron chi connectivity index (χ3n) is 3.10. The summed E-state index contributed by atoms with van der Waals surface area (Å²) in [4.78, 5) is 10.4. The first-order valence-electron chi connectivity index (χ1n) is 6.27. The quantitative estimate of drug-likeness (QED) is 0.864. The van der Waals surface area contributed by atoms with Gasteiger partial charge in [-0.15, -0.1) is 0 Å². The number of ether oxygens (including phenoxy) is 2. The van der Waals surface area contributed by atoms with E-state index in [-0.39, 0.29) is 6.10 Å². The number of nitrogens with zero attached hydrogens (tertiary/aromatic N) is 3. The molecule has 1 fully saturated rings. The Hall–Kier alpha value is -1.56. The maximum atomic E-state index is 5.80. The molecular formula is C12H20N4O2. The summed E-state index contributed by atoms with van der Waals surface area (Å²) in [5.74, 6) is 1.69. The second-order valence-electron chi connectivity index (χ2n) is 4.28. The summed E-state index contributed by atoms with van der Waals surface area (Å²) < 4.78 is 11.0. The first-order chi connectivity index (χ1) is 8.76. The van der Waals surface area contributed by atoms with Crippen molar-refractivity contribution in [3.63, 3.8) is 0 Å². The molecule has 1 aromatic rings. The molecule has 1 aromatic heterocycles. The molecule has 1 aliphatic rings. The van der Waals surface area contributed by atoms with Gasteiger partial charge in [0.1, 0.15) is 6.33 Å². The van der Waals surface area contributed by atoms with Crippen LogP contribution in [0.25, 0.3) is 0 Å². The Morgan fingerprint density at radius 3 is 3.06 bits per heavy atom. The summed E-state index contributed by atoms with van der Waals surface area (Å²) >= 11 is 0. The Bertz CT molecular complexity index is 398. The molecule has 0 spiro atoms. The van der Waals surface area contributed by atoms with Crippen LogP contribution in [-0.4, -0.2) is 42.9 Å². The Labute approximate surface area is 107 Å². The second kappa shape index (κ2) is 5.86. The lowest BCUT2D eigenvalue weighted by Gasteiger charge is -2.33. The highest BCUT2D eigenvalue weighted by atomic mass is 16.5. The van der Waals surface area contributed by atoms with Crippen LogP contribution in [0, 0.1) is 0 Å². The molecule has 0 amide bonds. The SMILES string of the molecule is CCOC1CCCN(c2ncnc(N)c2OC)C1. The minimum absolute atomic E-state index is 0.254. The molecular weight excluding hydrogens is 232 g/mol. The van der Waals surface area contributed by atoms with E-state index in [1.807, 2.05) is 6.92 Å². The molecule has 18 heavy (non-hydrogen) atoms. The molecule has 6 nitrogen and oxygen atoms in total. The van der Waals surface area contributed by atoms with E-state index in [1.165, 1.54) is 6.33 Å². The van der Waals surface area contributed by atoms with Crippen LogP contribution in [0.4, 0.5) is 11.6 Å². The first kappa shape index (κ1) is 12.9. The molecule has 0 saturated carbocycles. The fourth-order valence-corrected chi connectivity index (χ4v) is 2.30. The third kappa shape index (κ3) is 2.64. The van der Waals surface area contributed by atoms with Crippen molar-refractivity contribution in [2.45, 2.75) is 25.9 Å². The summed E-state index contributed by atoms with van der Waals surface area (Å²) in [7, 11) is 1.59. The minimum Gasteiger partial charge on any atom is -0.490 e. The minimum atomic E-state index is 0.254. The summed E-state index contributed by atoms with van der Waals surface area (Å²) in [6, 6.07) is 0. The molecule has 2 heterocycles. The summed E-state index contributed by atoms with van der Waals surface area (Å²) in [5.41, 5.74) is 5.80. The van der Waals surface area contributed by atoms with Crippen molar-refractivity contribution in [2.75, 3.05) is 37.4 Å². The molecule has 2 N–H and O–H groups in total. The molecule has 1 aliphatic heterocycles. The first-order valence-corrected chi connectivity index (χ1v) is 6.27. The van der Waals surface area contributed by atoms with Gasteiger partial charge in [0, 0.05) is 19.7 Å². The number of hydrogen-bond acceptors (Lipinski definition) is 6. The summed E-state index contributed by atoms with van der Waals surface area (Å²) in [6.07, 6.45) is 3.90. The van der Waals surface area contributed by atoms with Gasteiger partial charge >= 0.3 is 0 Å². The number of hydrogen-bond donors (Lipinski definition) is 1. The Morgan fingerprint density at radius 1 is 1.50 bits per heavy atom. The van der Waals surface area contributed by atoms with Gasteiger partial charge in [-0.2, -0.15) is 0 Å². The third-order valence-corrected chi connectivity index (χ3v) is 3.10. The number of methoxy groups -OCH3 is 1. The Morgan fingerprint density at radius 2 is 2.33 bits per heavy atom. The van der Waals surface area contributed by atoms with Gasteiger partial charge in [0.05, 0.1) is 13.2 Å². The topological polar surface area (TPSA) is 73.5 Å². The molecule has 0 radical (unpaired) electrons. The van der Waals surface area contributed by atoms with Crippen molar-refractivity contribution >= 4 is 11.6 Å². The average molecular weight is 252 g/mol. The molecule has 0 aromatic carbocycles. The zero-order valence-electron chi connectivity index (χ0n) is 10.9. The lowest BCUT2D eigenvalue weighted by atomic mass is 10.1. The Kier molecular flexibility index (Phi) is 4.19. The van der Waals surface area contributed by atoms with E-state index in [9.17, 15) is 0 Å². The van der Waals surface area contributed by atoms with E-state index in [4.69, 9.17) is 15.2 Å². The zero-order chi connectivity index (χ0) is 13.0. The van der Waals surface area contributed by atoms with Gasteiger partial charge in [0.25, 0.3) is 0 Å². The summed E-state index contributed by atoms with van der Waals surface area (Å²) in [6.45, 7) is 4.51. The fraction of sp³-hybridized carbons (Fsp3) is 0.667. The maximum absolute atomic E-state index is 5.80. The zero-order valence-corrected chi connectivity index (χ0v) is 10.9. The van der Waals surface area contributed by atoms with Crippen LogP contribution in [0.5, 0.6) is 5.75 Å². The van der Waals surface area contributed by atoms with Crippen LogP contribution in [0.2, 0.25) is 0 Å². The van der Waals surface area contributed by atoms with Crippen LogP contribution in [0.15, 0.2) is 6.33 Å². The van der Waals surface area contributed by atoms with Crippen molar-refractivity contribution in [1.29, 1.82) is 0 Å².